The average Bonchev–Trinajstić information content (AvgIpc) is 3.58. The second kappa shape index (κ2) is 12.8. The Kier molecular flexibility index (Phi) is 9.36. The summed E-state index contributed by atoms with van der Waals surface area (Å²) in [5, 5.41) is 75.5. The van der Waals surface area contributed by atoms with Gasteiger partial charge in [0.1, 0.15) is 37.1 Å². The van der Waals surface area contributed by atoms with Crippen LogP contribution in [0.1, 0.15) is 78.6 Å². The van der Waals surface area contributed by atoms with Crippen LogP contribution in [0.4, 0.5) is 0 Å². The first-order chi connectivity index (χ1) is 22.7. The molecule has 13 heteroatoms. The molecule has 0 bridgehead atoms. The smallest absolute Gasteiger partial charge is 0.331 e. The first kappa shape index (κ1) is 35.2. The summed E-state index contributed by atoms with van der Waals surface area (Å²) in [5.41, 5.74) is -0.686. The van der Waals surface area contributed by atoms with Crippen LogP contribution in [0, 0.1) is 34.5 Å². The van der Waals surface area contributed by atoms with Gasteiger partial charge in [-0.25, -0.2) is 4.79 Å². The lowest BCUT2D eigenvalue weighted by molar-refractivity contribution is -0.344. The minimum atomic E-state index is -1.59. The van der Waals surface area contributed by atoms with Crippen LogP contribution >= 0.6 is 0 Å². The summed E-state index contributed by atoms with van der Waals surface area (Å²) in [4.78, 5) is 11.9. The van der Waals surface area contributed by atoms with E-state index in [1.807, 2.05) is 0 Å². The molecule has 3 unspecified atom stereocenters. The molecule has 3 aliphatic heterocycles. The Bertz CT molecular complexity index is 1230. The summed E-state index contributed by atoms with van der Waals surface area (Å²) < 4.78 is 29.1. The van der Waals surface area contributed by atoms with Crippen LogP contribution in [-0.2, 0) is 28.5 Å². The summed E-state index contributed by atoms with van der Waals surface area (Å²) in [7, 11) is 0. The van der Waals surface area contributed by atoms with Crippen molar-refractivity contribution in [1.82, 2.24) is 0 Å². The van der Waals surface area contributed by atoms with Crippen molar-refractivity contribution in [3.63, 3.8) is 0 Å². The molecular weight excluding hydrogens is 628 g/mol. The number of hydrogen-bond donors (Lipinski definition) is 7. The highest BCUT2D eigenvalue weighted by Gasteiger charge is 2.70. The van der Waals surface area contributed by atoms with E-state index < -0.39 is 79.0 Å². The van der Waals surface area contributed by atoms with E-state index in [1.165, 1.54) is 0 Å². The van der Waals surface area contributed by atoms with Gasteiger partial charge in [-0.1, -0.05) is 13.8 Å². The van der Waals surface area contributed by atoms with Gasteiger partial charge in [-0.2, -0.15) is 0 Å². The van der Waals surface area contributed by atoms with Gasteiger partial charge in [-0.05, 0) is 93.0 Å². The van der Waals surface area contributed by atoms with E-state index in [0.717, 1.165) is 44.1 Å². The molecule has 18 atom stereocenters. The number of hydrogen-bond acceptors (Lipinski definition) is 13. The third-order valence-electron chi connectivity index (χ3n) is 14.0. The van der Waals surface area contributed by atoms with Crippen LogP contribution in [-0.4, -0.2) is 128 Å². The van der Waals surface area contributed by atoms with Gasteiger partial charge in [-0.3, -0.25) is 0 Å². The van der Waals surface area contributed by atoms with Gasteiger partial charge in [0.15, 0.2) is 12.6 Å². The number of carbonyl (C=O) groups is 1. The number of cyclic esters (lactones) is 1. The molecule has 7 rings (SSSR count). The van der Waals surface area contributed by atoms with Crippen LogP contribution in [0.2, 0.25) is 0 Å². The zero-order valence-electron chi connectivity index (χ0n) is 28.1. The molecule has 0 aromatic heterocycles. The summed E-state index contributed by atoms with van der Waals surface area (Å²) in [6, 6.07) is 0. The van der Waals surface area contributed by atoms with E-state index in [1.54, 1.807) is 13.0 Å². The Balaban J connectivity index is 0.977. The van der Waals surface area contributed by atoms with Crippen molar-refractivity contribution >= 4 is 5.97 Å². The van der Waals surface area contributed by atoms with Gasteiger partial charge in [0.05, 0.1) is 36.6 Å². The summed E-state index contributed by atoms with van der Waals surface area (Å²) in [6.07, 6.45) is -3.41. The Morgan fingerprint density at radius 1 is 0.917 bits per heavy atom. The molecule has 0 aromatic rings. The topological polar surface area (TPSA) is 205 Å². The van der Waals surface area contributed by atoms with Crippen LogP contribution in [0.25, 0.3) is 0 Å². The first-order valence-corrected chi connectivity index (χ1v) is 17.9. The highest BCUT2D eigenvalue weighted by molar-refractivity contribution is 5.85. The van der Waals surface area contributed by atoms with E-state index in [2.05, 4.69) is 13.8 Å². The number of aliphatic hydroxyl groups excluding tert-OH is 6. The Labute approximate surface area is 281 Å². The van der Waals surface area contributed by atoms with Crippen LogP contribution in [0.5, 0.6) is 0 Å². The molecule has 7 N–H and O–H groups in total. The monoisotopic (exact) mass is 682 g/mol. The fourth-order valence-electron chi connectivity index (χ4n) is 11.5. The molecule has 0 amide bonds. The fourth-order valence-corrected chi connectivity index (χ4v) is 11.5. The highest BCUT2D eigenvalue weighted by Crippen LogP contribution is 2.70. The van der Waals surface area contributed by atoms with Gasteiger partial charge < -0.3 is 59.4 Å². The van der Waals surface area contributed by atoms with E-state index in [0.29, 0.717) is 12.8 Å². The summed E-state index contributed by atoms with van der Waals surface area (Å²) in [5.74, 6) is -0.109. The number of aliphatic hydroxyl groups is 7. The third-order valence-corrected chi connectivity index (χ3v) is 14.0. The molecule has 3 heterocycles. The first-order valence-electron chi connectivity index (χ1n) is 17.9. The number of rotatable bonds is 6. The second-order valence-electron chi connectivity index (χ2n) is 16.3. The maximum Gasteiger partial charge on any atom is 0.331 e. The van der Waals surface area contributed by atoms with Crippen LogP contribution in [0.15, 0.2) is 11.6 Å². The van der Waals surface area contributed by atoms with Gasteiger partial charge >= 0.3 is 5.97 Å². The summed E-state index contributed by atoms with van der Waals surface area (Å²) in [6.45, 7) is 5.79. The van der Waals surface area contributed by atoms with E-state index >= 15 is 0 Å². The van der Waals surface area contributed by atoms with Gasteiger partial charge in [-0.15, -0.1) is 0 Å². The van der Waals surface area contributed by atoms with E-state index in [4.69, 9.17) is 23.7 Å². The van der Waals surface area contributed by atoms with Crippen molar-refractivity contribution in [2.24, 2.45) is 34.5 Å². The van der Waals surface area contributed by atoms with Crippen molar-refractivity contribution in [2.45, 2.75) is 152 Å². The minimum Gasteiger partial charge on any atom is -0.458 e. The van der Waals surface area contributed by atoms with Crippen molar-refractivity contribution in [1.29, 1.82) is 0 Å². The maximum atomic E-state index is 12.5. The average molecular weight is 683 g/mol. The molecule has 4 saturated carbocycles. The zero-order chi connectivity index (χ0) is 34.3. The lowest BCUT2D eigenvalue weighted by Crippen LogP contribution is -2.66. The predicted octanol–water partition coefficient (Wildman–Crippen LogP) is 0.280. The van der Waals surface area contributed by atoms with Crippen LogP contribution in [0.3, 0.4) is 0 Å². The largest absolute Gasteiger partial charge is 0.458 e. The molecule has 6 fully saturated rings. The van der Waals surface area contributed by atoms with E-state index in [-0.39, 0.29) is 54.2 Å². The van der Waals surface area contributed by atoms with Gasteiger partial charge in [0.2, 0.25) is 0 Å². The zero-order valence-corrected chi connectivity index (χ0v) is 28.1. The van der Waals surface area contributed by atoms with Gasteiger partial charge in [0, 0.05) is 17.9 Å². The highest BCUT2D eigenvalue weighted by atomic mass is 16.7. The Hall–Kier alpha value is -1.23. The Morgan fingerprint density at radius 2 is 1.69 bits per heavy atom. The summed E-state index contributed by atoms with van der Waals surface area (Å²) >= 11 is 0. The Morgan fingerprint density at radius 3 is 2.38 bits per heavy atom. The SMILES string of the molecule is C[C@H]1O[C@@H](O[C@H]2CC[C@@]3(C)C(CCC4C3[C@H](O)C[C@]3(C)[C@@H](C5=CC(=O)OC5)CC[C@]43O)C2)C[C@H](O)[C@@H]1O[C@@H]1O[C@H](CO)[C@@H](O)[C@H](O)[C@H]1O. The van der Waals surface area contributed by atoms with Crippen molar-refractivity contribution in [2.75, 3.05) is 13.2 Å². The molecular formula is C35H54O13. The fraction of sp³-hybridized carbons (Fsp3) is 0.914. The quantitative estimate of drug-likeness (QED) is 0.149. The van der Waals surface area contributed by atoms with Crippen molar-refractivity contribution in [3.8, 4) is 0 Å². The predicted molar refractivity (Wildman–Crippen MR) is 166 cm³/mol. The molecule has 48 heavy (non-hydrogen) atoms. The van der Waals surface area contributed by atoms with Gasteiger partial charge in [0.25, 0.3) is 0 Å². The van der Waals surface area contributed by atoms with Crippen LogP contribution < -0.4 is 0 Å². The number of fused-ring (bicyclic) bond motifs is 5. The second-order valence-corrected chi connectivity index (χ2v) is 16.3. The van der Waals surface area contributed by atoms with Crippen molar-refractivity contribution in [3.05, 3.63) is 11.6 Å². The molecule has 2 saturated heterocycles. The number of carbonyl (C=O) groups excluding carboxylic acids is 1. The lowest BCUT2D eigenvalue weighted by Gasteiger charge is -2.65. The molecule has 13 nitrogen and oxygen atoms in total. The molecule has 4 aliphatic carbocycles. The van der Waals surface area contributed by atoms with Crippen molar-refractivity contribution < 1.29 is 64.2 Å². The standard InChI is InChI=1S/C35H54O13/c1-16-31(48-32-30(42)29(41)28(40)24(14-36)47-32)22(37)12-26(45-16)46-19-6-8-33(2)18(11-19)4-5-21-27(33)23(38)13-34(3)20(7-9-35(21,34)43)17-10-25(39)44-15-17/h10,16,18-24,26-32,36-38,40-43H,4-9,11-15H2,1-3H3/t16-,18?,19+,20-,21?,22+,23-,24-,26+,27?,28-,29+,30-,31-,32+,33+,34-,35+/m1/s1. The minimum absolute atomic E-state index is 0.00894. The maximum absolute atomic E-state index is 12.5. The molecule has 7 aliphatic rings. The molecule has 0 radical (unpaired) electrons. The molecule has 0 spiro atoms. The molecule has 0 aromatic carbocycles. The molecule has 272 valence electrons. The third kappa shape index (κ3) is 5.51. The lowest BCUT2D eigenvalue weighted by atomic mass is 9.42. The normalized spacial score (nSPS) is 55.3. The number of esters is 1. The van der Waals surface area contributed by atoms with E-state index in [9.17, 15) is 40.5 Å². The number of ether oxygens (including phenoxy) is 5.